The lowest BCUT2D eigenvalue weighted by Gasteiger charge is -2.39. The maximum absolute atomic E-state index is 10.6. The number of hydrogen-bond acceptors (Lipinski definition) is 7. The van der Waals surface area contributed by atoms with Gasteiger partial charge in [0, 0.05) is 16.4 Å². The highest BCUT2D eigenvalue weighted by molar-refractivity contribution is 7.09. The number of rotatable bonds is 3. The van der Waals surface area contributed by atoms with Crippen molar-refractivity contribution in [2.75, 3.05) is 6.61 Å². The maximum atomic E-state index is 10.6. The molecule has 0 saturated carbocycles. The summed E-state index contributed by atoms with van der Waals surface area (Å²) < 4.78 is 14.4. The summed E-state index contributed by atoms with van der Waals surface area (Å²) in [6.07, 6.45) is -6.15. The smallest absolute Gasteiger partial charge is 0.302 e. The zero-order valence-electron chi connectivity index (χ0n) is 8.65. The standard InChI is InChI=1S/C8H15O7P/c1-3(9)13-2-4-5(10)6(11)7(12)8(14-4)15-16/h4-8,10-12H,2,16H2,1H3/t4?,5-,6?,7?,8+/m1/s1. The molecule has 0 radical (unpaired) electrons. The van der Waals surface area contributed by atoms with E-state index in [1.54, 1.807) is 0 Å². The molecule has 1 aliphatic rings. The molecular weight excluding hydrogens is 239 g/mol. The minimum Gasteiger partial charge on any atom is -0.463 e. The fraction of sp³-hybridized carbons (Fsp3) is 0.875. The van der Waals surface area contributed by atoms with Crippen molar-refractivity contribution in [3.8, 4) is 0 Å². The Morgan fingerprint density at radius 3 is 2.44 bits per heavy atom. The molecule has 1 rings (SSSR count). The molecule has 1 aliphatic heterocycles. The highest BCUT2D eigenvalue weighted by Gasteiger charge is 2.44. The first-order valence-electron chi connectivity index (χ1n) is 4.66. The normalized spacial score (nSPS) is 39.4. The van der Waals surface area contributed by atoms with Crippen LogP contribution in [-0.2, 0) is 18.8 Å². The lowest BCUT2D eigenvalue weighted by Crippen LogP contribution is -2.58. The number of esters is 1. The van der Waals surface area contributed by atoms with Crippen molar-refractivity contribution in [2.24, 2.45) is 0 Å². The van der Waals surface area contributed by atoms with E-state index >= 15 is 0 Å². The van der Waals surface area contributed by atoms with Crippen molar-refractivity contribution in [3.05, 3.63) is 0 Å². The van der Waals surface area contributed by atoms with Gasteiger partial charge in [-0.1, -0.05) is 0 Å². The minimum absolute atomic E-state index is 0.217. The third-order valence-electron chi connectivity index (χ3n) is 2.25. The average Bonchev–Trinajstić information content (AvgIpc) is 2.25. The Balaban J connectivity index is 2.60. The van der Waals surface area contributed by atoms with Gasteiger partial charge in [-0.2, -0.15) is 0 Å². The zero-order chi connectivity index (χ0) is 12.3. The van der Waals surface area contributed by atoms with Gasteiger partial charge in [0.05, 0.1) is 0 Å². The van der Waals surface area contributed by atoms with E-state index in [9.17, 15) is 20.1 Å². The van der Waals surface area contributed by atoms with Gasteiger partial charge in [0.1, 0.15) is 31.0 Å². The molecule has 1 saturated heterocycles. The van der Waals surface area contributed by atoms with E-state index in [2.05, 4.69) is 4.74 Å². The number of aliphatic hydroxyl groups excluding tert-OH is 3. The van der Waals surface area contributed by atoms with Crippen LogP contribution in [0.5, 0.6) is 0 Å². The van der Waals surface area contributed by atoms with E-state index in [1.165, 1.54) is 6.92 Å². The highest BCUT2D eigenvalue weighted by atomic mass is 31.0. The molecule has 1 fully saturated rings. The first kappa shape index (κ1) is 13.8. The summed E-state index contributed by atoms with van der Waals surface area (Å²) in [4.78, 5) is 10.6. The molecule has 3 N–H and O–H groups in total. The van der Waals surface area contributed by atoms with E-state index in [-0.39, 0.29) is 6.61 Å². The van der Waals surface area contributed by atoms with Crippen molar-refractivity contribution >= 4 is 15.4 Å². The first-order chi connectivity index (χ1) is 7.47. The van der Waals surface area contributed by atoms with Gasteiger partial charge in [0.25, 0.3) is 0 Å². The summed E-state index contributed by atoms with van der Waals surface area (Å²) in [7, 11) is 1.88. The summed E-state index contributed by atoms with van der Waals surface area (Å²) in [5.41, 5.74) is 0. The van der Waals surface area contributed by atoms with Crippen LogP contribution in [-0.4, -0.2) is 58.6 Å². The quantitative estimate of drug-likeness (QED) is 0.401. The summed E-state index contributed by atoms with van der Waals surface area (Å²) in [6.45, 7) is 0.995. The van der Waals surface area contributed by atoms with Crippen LogP contribution in [0.2, 0.25) is 0 Å². The number of carbonyl (C=O) groups is 1. The van der Waals surface area contributed by atoms with Crippen LogP contribution < -0.4 is 0 Å². The summed E-state index contributed by atoms with van der Waals surface area (Å²) in [5.74, 6) is -0.528. The molecule has 7 nitrogen and oxygen atoms in total. The van der Waals surface area contributed by atoms with Crippen LogP contribution >= 0.6 is 9.47 Å². The molecular formula is C8H15O7P. The molecule has 0 aromatic heterocycles. The van der Waals surface area contributed by atoms with Gasteiger partial charge in [-0.25, -0.2) is 0 Å². The van der Waals surface area contributed by atoms with Gasteiger partial charge < -0.3 is 29.3 Å². The third kappa shape index (κ3) is 3.10. The molecule has 0 aromatic carbocycles. The first-order valence-corrected chi connectivity index (χ1v) is 5.13. The molecule has 0 amide bonds. The number of carbonyl (C=O) groups excluding carboxylic acids is 1. The molecule has 6 atom stereocenters. The van der Waals surface area contributed by atoms with Crippen LogP contribution in [0.15, 0.2) is 0 Å². The van der Waals surface area contributed by atoms with Crippen LogP contribution in [0.4, 0.5) is 0 Å². The lowest BCUT2D eigenvalue weighted by atomic mass is 9.99. The molecule has 94 valence electrons. The third-order valence-corrected chi connectivity index (χ3v) is 2.52. The second kappa shape index (κ2) is 5.86. The minimum atomic E-state index is -1.42. The van der Waals surface area contributed by atoms with E-state index in [0.29, 0.717) is 0 Å². The molecule has 4 unspecified atom stereocenters. The van der Waals surface area contributed by atoms with Crippen molar-refractivity contribution in [1.29, 1.82) is 0 Å². The zero-order valence-corrected chi connectivity index (χ0v) is 9.80. The molecule has 0 aromatic rings. The Bertz CT molecular complexity index is 247. The lowest BCUT2D eigenvalue weighted by molar-refractivity contribution is -0.275. The van der Waals surface area contributed by atoms with E-state index in [1.807, 2.05) is 9.47 Å². The summed E-state index contributed by atoms with van der Waals surface area (Å²) >= 11 is 0. The molecule has 16 heavy (non-hydrogen) atoms. The van der Waals surface area contributed by atoms with Crippen LogP contribution in [0.3, 0.4) is 0 Å². The predicted octanol–water partition coefficient (Wildman–Crippen LogP) is -1.84. The Labute approximate surface area is 94.6 Å². The van der Waals surface area contributed by atoms with Crippen molar-refractivity contribution < 1.29 is 34.1 Å². The average molecular weight is 254 g/mol. The van der Waals surface area contributed by atoms with Gasteiger partial charge in [-0.3, -0.25) is 4.79 Å². The van der Waals surface area contributed by atoms with Crippen molar-refractivity contribution in [3.63, 3.8) is 0 Å². The van der Waals surface area contributed by atoms with Gasteiger partial charge >= 0.3 is 5.97 Å². The predicted molar refractivity (Wildman–Crippen MR) is 54.1 cm³/mol. The number of hydrogen-bond donors (Lipinski definition) is 3. The Morgan fingerprint density at radius 2 is 1.94 bits per heavy atom. The summed E-state index contributed by atoms with van der Waals surface area (Å²) in [6, 6.07) is 0. The van der Waals surface area contributed by atoms with Crippen molar-refractivity contribution in [1.82, 2.24) is 0 Å². The largest absolute Gasteiger partial charge is 0.463 e. The monoisotopic (exact) mass is 254 g/mol. The molecule has 0 bridgehead atoms. The highest BCUT2D eigenvalue weighted by Crippen LogP contribution is 2.23. The van der Waals surface area contributed by atoms with Crippen LogP contribution in [0.1, 0.15) is 6.92 Å². The van der Waals surface area contributed by atoms with Crippen molar-refractivity contribution in [2.45, 2.75) is 37.6 Å². The van der Waals surface area contributed by atoms with Crippen LogP contribution in [0, 0.1) is 0 Å². The molecule has 1 heterocycles. The fourth-order valence-corrected chi connectivity index (χ4v) is 1.59. The topological polar surface area (TPSA) is 105 Å². The number of aliphatic hydroxyl groups is 3. The molecule has 0 spiro atoms. The van der Waals surface area contributed by atoms with E-state index < -0.39 is 36.7 Å². The van der Waals surface area contributed by atoms with Gasteiger partial charge in [-0.05, 0) is 0 Å². The molecule has 8 heteroatoms. The Hall–Kier alpha value is -0.300. The Morgan fingerprint density at radius 1 is 1.31 bits per heavy atom. The van der Waals surface area contributed by atoms with Gasteiger partial charge in [-0.15, -0.1) is 0 Å². The van der Waals surface area contributed by atoms with E-state index in [0.717, 1.165) is 0 Å². The Kier molecular flexibility index (Phi) is 5.04. The van der Waals surface area contributed by atoms with Gasteiger partial charge in [0.15, 0.2) is 6.29 Å². The maximum Gasteiger partial charge on any atom is 0.302 e. The number of ether oxygens (including phenoxy) is 2. The second-order valence-electron chi connectivity index (χ2n) is 3.45. The van der Waals surface area contributed by atoms with E-state index in [4.69, 9.17) is 9.26 Å². The van der Waals surface area contributed by atoms with Gasteiger partial charge in [0.2, 0.25) is 0 Å². The molecule has 0 aliphatic carbocycles. The van der Waals surface area contributed by atoms with Crippen LogP contribution in [0.25, 0.3) is 0 Å². The fourth-order valence-electron chi connectivity index (χ4n) is 1.37. The summed E-state index contributed by atoms with van der Waals surface area (Å²) in [5, 5.41) is 28.4. The second-order valence-corrected chi connectivity index (χ2v) is 3.73. The SMILES string of the molecule is CC(=O)OCC1O[C@@H](OP)C(O)C(O)[C@@H]1O.